The van der Waals surface area contributed by atoms with E-state index in [0.717, 1.165) is 0 Å². The van der Waals surface area contributed by atoms with E-state index < -0.39 is 12.0 Å². The van der Waals surface area contributed by atoms with Crippen LogP contribution in [-0.2, 0) is 11.2 Å². The van der Waals surface area contributed by atoms with E-state index in [9.17, 15) is 4.79 Å². The standard InChI is InChI=1S/C7H10N2O3/c1-4-2-5(9-12-4)3-6(8)7(10)11/h2,6H,3,8H2,1H3,(H,10,11). The number of aliphatic carboxylic acids is 1. The largest absolute Gasteiger partial charge is 0.480 e. The molecule has 1 aromatic heterocycles. The molecule has 1 rings (SSSR count). The summed E-state index contributed by atoms with van der Waals surface area (Å²) in [5.74, 6) is -0.377. The van der Waals surface area contributed by atoms with Crippen molar-refractivity contribution in [2.45, 2.75) is 19.4 Å². The summed E-state index contributed by atoms with van der Waals surface area (Å²) in [6.45, 7) is 1.74. The van der Waals surface area contributed by atoms with Gasteiger partial charge in [0.2, 0.25) is 0 Å². The third-order valence-corrected chi connectivity index (χ3v) is 1.42. The molecule has 0 aliphatic rings. The molecule has 0 spiro atoms. The van der Waals surface area contributed by atoms with Crippen molar-refractivity contribution in [3.05, 3.63) is 17.5 Å². The lowest BCUT2D eigenvalue weighted by Crippen LogP contribution is -2.32. The molecule has 0 amide bonds. The maximum atomic E-state index is 10.3. The van der Waals surface area contributed by atoms with Gasteiger partial charge < -0.3 is 15.4 Å². The van der Waals surface area contributed by atoms with Crippen LogP contribution in [0, 0.1) is 6.92 Å². The third-order valence-electron chi connectivity index (χ3n) is 1.42. The maximum absolute atomic E-state index is 10.3. The van der Waals surface area contributed by atoms with Gasteiger partial charge in [0.1, 0.15) is 11.8 Å². The number of hydrogen-bond donors (Lipinski definition) is 2. The van der Waals surface area contributed by atoms with Crippen molar-refractivity contribution in [3.8, 4) is 0 Å². The highest BCUT2D eigenvalue weighted by Gasteiger charge is 2.14. The van der Waals surface area contributed by atoms with Crippen LogP contribution in [0.3, 0.4) is 0 Å². The third kappa shape index (κ3) is 2.06. The van der Waals surface area contributed by atoms with Gasteiger partial charge in [-0.25, -0.2) is 0 Å². The number of carboxylic acid groups (broad SMARTS) is 1. The topological polar surface area (TPSA) is 89.4 Å². The number of carbonyl (C=O) groups is 1. The molecule has 0 aromatic carbocycles. The van der Waals surface area contributed by atoms with E-state index in [0.29, 0.717) is 11.5 Å². The minimum Gasteiger partial charge on any atom is -0.480 e. The first-order chi connectivity index (χ1) is 5.59. The molecule has 66 valence electrons. The highest BCUT2D eigenvalue weighted by Crippen LogP contribution is 2.03. The number of nitrogens with zero attached hydrogens (tertiary/aromatic N) is 1. The van der Waals surface area contributed by atoms with Crippen LogP contribution in [0.1, 0.15) is 11.5 Å². The van der Waals surface area contributed by atoms with Crippen molar-refractivity contribution in [1.82, 2.24) is 5.16 Å². The minimum atomic E-state index is -1.03. The fourth-order valence-corrected chi connectivity index (χ4v) is 0.827. The molecule has 0 saturated carbocycles. The average molecular weight is 170 g/mol. The van der Waals surface area contributed by atoms with Crippen LogP contribution in [0.25, 0.3) is 0 Å². The van der Waals surface area contributed by atoms with Gasteiger partial charge in [-0.05, 0) is 6.92 Å². The zero-order valence-corrected chi connectivity index (χ0v) is 6.65. The predicted octanol–water partition coefficient (Wildman–Crippen LogP) is -0.0626. The van der Waals surface area contributed by atoms with Gasteiger partial charge in [-0.3, -0.25) is 4.79 Å². The maximum Gasteiger partial charge on any atom is 0.320 e. The van der Waals surface area contributed by atoms with Crippen molar-refractivity contribution in [1.29, 1.82) is 0 Å². The van der Waals surface area contributed by atoms with Gasteiger partial charge in [-0.2, -0.15) is 0 Å². The van der Waals surface area contributed by atoms with E-state index in [2.05, 4.69) is 5.16 Å². The SMILES string of the molecule is Cc1cc(CC(N)C(=O)O)no1. The van der Waals surface area contributed by atoms with E-state index in [4.69, 9.17) is 15.4 Å². The molecule has 5 heteroatoms. The van der Waals surface area contributed by atoms with Crippen LogP contribution in [0.4, 0.5) is 0 Å². The van der Waals surface area contributed by atoms with Crippen LogP contribution >= 0.6 is 0 Å². The second-order valence-electron chi connectivity index (χ2n) is 2.58. The molecule has 5 nitrogen and oxygen atoms in total. The summed E-state index contributed by atoms with van der Waals surface area (Å²) in [7, 11) is 0. The number of hydrogen-bond acceptors (Lipinski definition) is 4. The number of aryl methyl sites for hydroxylation is 1. The fourth-order valence-electron chi connectivity index (χ4n) is 0.827. The second kappa shape index (κ2) is 3.36. The van der Waals surface area contributed by atoms with Crippen molar-refractivity contribution >= 4 is 5.97 Å². The number of aromatic nitrogens is 1. The average Bonchev–Trinajstić information content (AvgIpc) is 2.35. The van der Waals surface area contributed by atoms with Gasteiger partial charge in [0.05, 0.1) is 5.69 Å². The van der Waals surface area contributed by atoms with Crippen LogP contribution in [0.5, 0.6) is 0 Å². The Balaban J connectivity index is 2.58. The van der Waals surface area contributed by atoms with Crippen LogP contribution in [0.2, 0.25) is 0 Å². The molecule has 0 radical (unpaired) electrons. The van der Waals surface area contributed by atoms with Crippen LogP contribution < -0.4 is 5.73 Å². The van der Waals surface area contributed by atoms with Crippen LogP contribution in [0.15, 0.2) is 10.6 Å². The Morgan fingerprint density at radius 1 is 1.92 bits per heavy atom. The van der Waals surface area contributed by atoms with E-state index in [1.165, 1.54) is 0 Å². The van der Waals surface area contributed by atoms with Crippen molar-refractivity contribution < 1.29 is 14.4 Å². The first-order valence-electron chi connectivity index (χ1n) is 3.50. The highest BCUT2D eigenvalue weighted by molar-refractivity contribution is 5.73. The molecule has 0 aliphatic heterocycles. The van der Waals surface area contributed by atoms with Crippen molar-refractivity contribution in [2.75, 3.05) is 0 Å². The van der Waals surface area contributed by atoms with E-state index >= 15 is 0 Å². The minimum absolute atomic E-state index is 0.201. The van der Waals surface area contributed by atoms with Gasteiger partial charge in [-0.1, -0.05) is 5.16 Å². The second-order valence-corrected chi connectivity index (χ2v) is 2.58. The van der Waals surface area contributed by atoms with Crippen molar-refractivity contribution in [3.63, 3.8) is 0 Å². The van der Waals surface area contributed by atoms with E-state index in [1.807, 2.05) is 0 Å². The Labute approximate surface area is 69.2 Å². The molecule has 1 unspecified atom stereocenters. The summed E-state index contributed by atoms with van der Waals surface area (Å²) >= 11 is 0. The molecule has 1 heterocycles. The lowest BCUT2D eigenvalue weighted by atomic mass is 10.2. The molecule has 1 aromatic rings. The normalized spacial score (nSPS) is 12.8. The lowest BCUT2D eigenvalue weighted by Gasteiger charge is -2.00. The quantitative estimate of drug-likeness (QED) is 0.663. The monoisotopic (exact) mass is 170 g/mol. The Hall–Kier alpha value is -1.36. The first kappa shape index (κ1) is 8.73. The molecule has 12 heavy (non-hydrogen) atoms. The molecule has 0 bridgehead atoms. The molecule has 0 saturated heterocycles. The molecular formula is C7H10N2O3. The summed E-state index contributed by atoms with van der Waals surface area (Å²) in [5, 5.41) is 12.1. The van der Waals surface area contributed by atoms with Gasteiger partial charge in [0.25, 0.3) is 0 Å². The van der Waals surface area contributed by atoms with Gasteiger partial charge in [0.15, 0.2) is 0 Å². The molecule has 1 atom stereocenters. The number of rotatable bonds is 3. The Morgan fingerprint density at radius 2 is 2.58 bits per heavy atom. The predicted molar refractivity (Wildman–Crippen MR) is 40.6 cm³/mol. The van der Waals surface area contributed by atoms with Gasteiger partial charge in [-0.15, -0.1) is 0 Å². The summed E-state index contributed by atoms with van der Waals surface area (Å²) < 4.78 is 4.75. The zero-order chi connectivity index (χ0) is 9.14. The smallest absolute Gasteiger partial charge is 0.320 e. The van der Waals surface area contributed by atoms with E-state index in [1.54, 1.807) is 13.0 Å². The Bertz CT molecular complexity index is 282. The summed E-state index contributed by atoms with van der Waals surface area (Å²) in [5.41, 5.74) is 5.85. The first-order valence-corrected chi connectivity index (χ1v) is 3.50. The van der Waals surface area contributed by atoms with Gasteiger partial charge in [0, 0.05) is 12.5 Å². The van der Waals surface area contributed by atoms with Crippen LogP contribution in [-0.4, -0.2) is 22.3 Å². The summed E-state index contributed by atoms with van der Waals surface area (Å²) in [6, 6.07) is 0.762. The molecular weight excluding hydrogens is 160 g/mol. The summed E-state index contributed by atoms with van der Waals surface area (Å²) in [4.78, 5) is 10.3. The highest BCUT2D eigenvalue weighted by atomic mass is 16.5. The number of nitrogens with two attached hydrogens (primary N) is 1. The Kier molecular flexibility index (Phi) is 2.44. The molecule has 0 fully saturated rings. The molecule has 3 N–H and O–H groups in total. The summed E-state index contributed by atoms with van der Waals surface area (Å²) in [6.07, 6.45) is 0.201. The van der Waals surface area contributed by atoms with E-state index in [-0.39, 0.29) is 6.42 Å². The van der Waals surface area contributed by atoms with Gasteiger partial charge >= 0.3 is 5.97 Å². The molecule has 0 aliphatic carbocycles. The fraction of sp³-hybridized carbons (Fsp3) is 0.429. The van der Waals surface area contributed by atoms with Crippen molar-refractivity contribution in [2.24, 2.45) is 5.73 Å². The Morgan fingerprint density at radius 3 is 3.00 bits per heavy atom. The lowest BCUT2D eigenvalue weighted by molar-refractivity contribution is -0.138. The zero-order valence-electron chi connectivity index (χ0n) is 6.65. The number of carboxylic acids is 1.